The van der Waals surface area contributed by atoms with Gasteiger partial charge in [-0.2, -0.15) is 0 Å². The molecular weight excluding hydrogens is 178 g/mol. The molecule has 0 saturated carbocycles. The Morgan fingerprint density at radius 3 is 2.64 bits per heavy atom. The predicted octanol–water partition coefficient (Wildman–Crippen LogP) is 0.975. The number of carbonyl (C=O) groups excluding carboxylic acids is 1. The molecule has 0 spiro atoms. The summed E-state index contributed by atoms with van der Waals surface area (Å²) in [4.78, 5) is 16.5. The van der Waals surface area contributed by atoms with Crippen molar-refractivity contribution in [1.29, 1.82) is 0 Å². The van der Waals surface area contributed by atoms with Crippen molar-refractivity contribution in [2.45, 2.75) is 19.4 Å². The normalized spacial score (nSPS) is 11.4. The van der Waals surface area contributed by atoms with Crippen molar-refractivity contribution in [3.8, 4) is 0 Å². The van der Waals surface area contributed by atoms with Crippen LogP contribution in [-0.4, -0.2) is 30.5 Å². The van der Waals surface area contributed by atoms with Gasteiger partial charge in [-0.25, -0.2) is 0 Å². The summed E-state index contributed by atoms with van der Waals surface area (Å²) < 4.78 is 0. The summed E-state index contributed by atoms with van der Waals surface area (Å²) in [5.41, 5.74) is -0.542. The van der Waals surface area contributed by atoms with Crippen LogP contribution in [0.15, 0.2) is 18.3 Å². The minimum absolute atomic E-state index is 0.0300. The summed E-state index contributed by atoms with van der Waals surface area (Å²) in [6, 6.07) is 3.73. The minimum Gasteiger partial charge on any atom is -0.348 e. The van der Waals surface area contributed by atoms with Gasteiger partial charge in [0.1, 0.15) is 5.82 Å². The number of hydrogen-bond acceptors (Lipinski definition) is 2. The number of aromatic amines is 1. The van der Waals surface area contributed by atoms with Gasteiger partial charge in [0.05, 0.1) is 5.54 Å². The van der Waals surface area contributed by atoms with Crippen LogP contribution in [0.4, 0.5) is 5.82 Å². The molecule has 0 bridgehead atoms. The summed E-state index contributed by atoms with van der Waals surface area (Å²) in [5, 5.41) is 2.98. The molecule has 0 radical (unpaired) electrons. The molecule has 0 aliphatic rings. The standard InChI is InChI=1S/C10H17N3O/c1-10(2,11-3)9(14)13(4)8-6-5-7-12-8/h5-7,11-12H,1-4H3. The zero-order valence-corrected chi connectivity index (χ0v) is 9.09. The predicted molar refractivity (Wildman–Crippen MR) is 57.3 cm³/mol. The maximum Gasteiger partial charge on any atom is 0.247 e. The Kier molecular flexibility index (Phi) is 2.96. The second-order valence-electron chi connectivity index (χ2n) is 3.79. The molecule has 14 heavy (non-hydrogen) atoms. The molecule has 0 unspecified atom stereocenters. The number of amides is 1. The molecule has 1 heterocycles. The van der Waals surface area contributed by atoms with Gasteiger partial charge in [0.15, 0.2) is 0 Å². The van der Waals surface area contributed by atoms with Crippen LogP contribution in [0.3, 0.4) is 0 Å². The molecule has 4 nitrogen and oxygen atoms in total. The third kappa shape index (κ3) is 1.96. The third-order valence-corrected chi connectivity index (χ3v) is 2.41. The summed E-state index contributed by atoms with van der Waals surface area (Å²) in [5.74, 6) is 0.834. The van der Waals surface area contributed by atoms with Crippen molar-refractivity contribution in [3.05, 3.63) is 18.3 Å². The SMILES string of the molecule is CNC(C)(C)C(=O)N(C)c1ccc[nH]1. The first-order valence-electron chi connectivity index (χ1n) is 4.59. The van der Waals surface area contributed by atoms with Crippen LogP contribution in [0.1, 0.15) is 13.8 Å². The number of nitrogens with zero attached hydrogens (tertiary/aromatic N) is 1. The van der Waals surface area contributed by atoms with Crippen molar-refractivity contribution >= 4 is 11.7 Å². The van der Waals surface area contributed by atoms with Crippen molar-refractivity contribution in [1.82, 2.24) is 10.3 Å². The number of rotatable bonds is 3. The maximum absolute atomic E-state index is 11.9. The number of anilines is 1. The number of hydrogen-bond donors (Lipinski definition) is 2. The Hall–Kier alpha value is -1.29. The summed E-state index contributed by atoms with van der Waals surface area (Å²) >= 11 is 0. The molecule has 0 aliphatic heterocycles. The smallest absolute Gasteiger partial charge is 0.247 e. The highest BCUT2D eigenvalue weighted by molar-refractivity contribution is 5.98. The van der Waals surface area contributed by atoms with Crippen molar-refractivity contribution < 1.29 is 4.79 Å². The van der Waals surface area contributed by atoms with Gasteiger partial charge in [-0.05, 0) is 33.0 Å². The number of H-pyrrole nitrogens is 1. The summed E-state index contributed by atoms with van der Waals surface area (Å²) in [6.45, 7) is 3.71. The molecular formula is C10H17N3O. The fourth-order valence-corrected chi connectivity index (χ4v) is 1.17. The Morgan fingerprint density at radius 1 is 1.57 bits per heavy atom. The van der Waals surface area contributed by atoms with Crippen LogP contribution in [0.2, 0.25) is 0 Å². The lowest BCUT2D eigenvalue weighted by Gasteiger charge is -2.28. The second-order valence-corrected chi connectivity index (χ2v) is 3.79. The fraction of sp³-hybridized carbons (Fsp3) is 0.500. The van der Waals surface area contributed by atoms with Crippen LogP contribution in [-0.2, 0) is 4.79 Å². The first-order valence-corrected chi connectivity index (χ1v) is 4.59. The molecule has 0 fully saturated rings. The van der Waals surface area contributed by atoms with E-state index in [0.29, 0.717) is 0 Å². The van der Waals surface area contributed by atoms with E-state index in [2.05, 4.69) is 10.3 Å². The monoisotopic (exact) mass is 195 g/mol. The lowest BCUT2D eigenvalue weighted by Crippen LogP contribution is -2.51. The summed E-state index contributed by atoms with van der Waals surface area (Å²) in [6.07, 6.45) is 1.80. The average molecular weight is 195 g/mol. The Balaban J connectivity index is 2.81. The van der Waals surface area contributed by atoms with E-state index in [1.165, 1.54) is 0 Å². The van der Waals surface area contributed by atoms with Gasteiger partial charge < -0.3 is 10.3 Å². The van der Waals surface area contributed by atoms with Crippen LogP contribution in [0, 0.1) is 0 Å². The lowest BCUT2D eigenvalue weighted by atomic mass is 10.0. The Bertz CT molecular complexity index is 303. The first kappa shape index (κ1) is 10.8. The lowest BCUT2D eigenvalue weighted by molar-refractivity contribution is -0.123. The van der Waals surface area contributed by atoms with E-state index in [-0.39, 0.29) is 5.91 Å². The van der Waals surface area contributed by atoms with E-state index in [0.717, 1.165) is 5.82 Å². The summed E-state index contributed by atoms with van der Waals surface area (Å²) in [7, 11) is 3.54. The number of likely N-dealkylation sites (N-methyl/N-ethyl adjacent to an activating group) is 2. The molecule has 1 aromatic rings. The van der Waals surface area contributed by atoms with Crippen LogP contribution in [0.25, 0.3) is 0 Å². The van der Waals surface area contributed by atoms with Gasteiger partial charge in [-0.15, -0.1) is 0 Å². The Morgan fingerprint density at radius 2 is 2.21 bits per heavy atom. The van der Waals surface area contributed by atoms with E-state index in [1.807, 2.05) is 26.0 Å². The van der Waals surface area contributed by atoms with Gasteiger partial charge in [-0.1, -0.05) is 0 Å². The molecule has 0 aromatic carbocycles. The molecule has 2 N–H and O–H groups in total. The quantitative estimate of drug-likeness (QED) is 0.755. The molecule has 0 aliphatic carbocycles. The highest BCUT2D eigenvalue weighted by atomic mass is 16.2. The highest BCUT2D eigenvalue weighted by Crippen LogP contribution is 2.13. The molecule has 4 heteroatoms. The average Bonchev–Trinajstić information content (AvgIpc) is 2.68. The van der Waals surface area contributed by atoms with E-state index >= 15 is 0 Å². The molecule has 1 amide bonds. The van der Waals surface area contributed by atoms with E-state index < -0.39 is 5.54 Å². The van der Waals surface area contributed by atoms with Crippen LogP contribution >= 0.6 is 0 Å². The number of nitrogens with one attached hydrogen (secondary N) is 2. The minimum atomic E-state index is -0.542. The fourth-order valence-electron chi connectivity index (χ4n) is 1.17. The molecule has 78 valence electrons. The largest absolute Gasteiger partial charge is 0.348 e. The maximum atomic E-state index is 11.9. The molecule has 1 aromatic heterocycles. The molecule has 1 rings (SSSR count). The van der Waals surface area contributed by atoms with Crippen LogP contribution in [0.5, 0.6) is 0 Å². The van der Waals surface area contributed by atoms with Gasteiger partial charge in [0, 0.05) is 13.2 Å². The van der Waals surface area contributed by atoms with Gasteiger partial charge in [0.25, 0.3) is 0 Å². The van der Waals surface area contributed by atoms with Crippen molar-refractivity contribution in [2.24, 2.45) is 0 Å². The van der Waals surface area contributed by atoms with Gasteiger partial charge in [-0.3, -0.25) is 9.69 Å². The van der Waals surface area contributed by atoms with Crippen LogP contribution < -0.4 is 10.2 Å². The van der Waals surface area contributed by atoms with Gasteiger partial charge >= 0.3 is 0 Å². The topological polar surface area (TPSA) is 48.1 Å². The Labute approximate surface area is 84.3 Å². The van der Waals surface area contributed by atoms with Crippen molar-refractivity contribution in [3.63, 3.8) is 0 Å². The zero-order chi connectivity index (χ0) is 10.8. The molecule has 0 atom stereocenters. The van der Waals surface area contributed by atoms with Crippen molar-refractivity contribution in [2.75, 3.05) is 19.0 Å². The highest BCUT2D eigenvalue weighted by Gasteiger charge is 2.29. The third-order valence-electron chi connectivity index (χ3n) is 2.41. The van der Waals surface area contributed by atoms with E-state index in [4.69, 9.17) is 0 Å². The van der Waals surface area contributed by atoms with Gasteiger partial charge in [0.2, 0.25) is 5.91 Å². The second kappa shape index (κ2) is 3.84. The van der Waals surface area contributed by atoms with E-state index in [9.17, 15) is 4.79 Å². The van der Waals surface area contributed by atoms with E-state index in [1.54, 1.807) is 25.2 Å². The number of aromatic nitrogens is 1. The zero-order valence-electron chi connectivity index (χ0n) is 9.09. The first-order chi connectivity index (χ1) is 6.49. The number of carbonyl (C=O) groups is 1. The molecule has 0 saturated heterocycles.